The van der Waals surface area contributed by atoms with Crippen LogP contribution in [-0.2, 0) is 8.87 Å². The van der Waals surface area contributed by atoms with Crippen molar-refractivity contribution in [3.05, 3.63) is 94.3 Å². The van der Waals surface area contributed by atoms with Gasteiger partial charge in [-0.3, -0.25) is 9.36 Å². The lowest BCUT2D eigenvalue weighted by atomic mass is 10.2. The Balaban J connectivity index is 1.93. The largest absolute Gasteiger partial charge is 0.268 e. The number of hydrogen-bond acceptors (Lipinski definition) is 5. The second kappa shape index (κ2) is 7.50. The van der Waals surface area contributed by atoms with E-state index in [1.165, 1.54) is 4.57 Å². The van der Waals surface area contributed by atoms with Crippen LogP contribution >= 0.6 is 10.8 Å². The van der Waals surface area contributed by atoms with Crippen LogP contribution in [0, 0.1) is 13.8 Å². The van der Waals surface area contributed by atoms with Crippen molar-refractivity contribution in [2.24, 2.45) is 0 Å². The van der Waals surface area contributed by atoms with E-state index in [4.69, 9.17) is 0 Å². The molecule has 0 aliphatic heterocycles. The highest BCUT2D eigenvalue weighted by molar-refractivity contribution is 8.72. The minimum Gasteiger partial charge on any atom is -0.268 e. The van der Waals surface area contributed by atoms with E-state index < -0.39 is 8.87 Å². The average Bonchev–Trinajstić information content (AvgIpc) is 2.69. The SMILES string of the molecule is Cc1ccc(-n2c(SS(=O)(=O)c3ccc(C)cc3)nc3ccccc3c2=O)cc1. The van der Waals surface area contributed by atoms with Crippen LogP contribution in [0.25, 0.3) is 16.6 Å². The Kier molecular flexibility index (Phi) is 5.02. The van der Waals surface area contributed by atoms with Crippen molar-refractivity contribution < 1.29 is 8.42 Å². The molecule has 7 heteroatoms. The van der Waals surface area contributed by atoms with E-state index >= 15 is 0 Å². The summed E-state index contributed by atoms with van der Waals surface area (Å²) in [5.74, 6) is 0. The lowest BCUT2D eigenvalue weighted by molar-refractivity contribution is 0.610. The minimum absolute atomic E-state index is 0.109. The molecule has 5 nitrogen and oxygen atoms in total. The molecule has 4 rings (SSSR count). The highest BCUT2D eigenvalue weighted by Gasteiger charge is 2.22. The predicted octanol–water partition coefficient (Wildman–Crippen LogP) is 4.48. The Morgan fingerprint density at radius 2 is 1.41 bits per heavy atom. The molecule has 0 radical (unpaired) electrons. The molecule has 0 aliphatic rings. The van der Waals surface area contributed by atoms with Crippen LogP contribution in [0.4, 0.5) is 0 Å². The van der Waals surface area contributed by atoms with E-state index in [2.05, 4.69) is 4.98 Å². The van der Waals surface area contributed by atoms with Crippen LogP contribution in [0.2, 0.25) is 0 Å². The summed E-state index contributed by atoms with van der Waals surface area (Å²) in [5.41, 5.74) is 2.73. The first-order valence-corrected chi connectivity index (χ1v) is 11.8. The van der Waals surface area contributed by atoms with E-state index in [9.17, 15) is 13.2 Å². The molecule has 4 aromatic rings. The van der Waals surface area contributed by atoms with E-state index in [0.717, 1.165) is 11.1 Å². The maximum absolute atomic E-state index is 13.2. The summed E-state index contributed by atoms with van der Waals surface area (Å²) in [6.45, 7) is 3.84. The van der Waals surface area contributed by atoms with Crippen LogP contribution in [0.3, 0.4) is 0 Å². The zero-order valence-corrected chi connectivity index (χ0v) is 17.5. The summed E-state index contributed by atoms with van der Waals surface area (Å²) in [6, 6.07) is 20.9. The number of hydrogen-bond donors (Lipinski definition) is 0. The van der Waals surface area contributed by atoms with Gasteiger partial charge in [0.2, 0.25) is 8.87 Å². The molecule has 0 aliphatic carbocycles. The molecular weight excluding hydrogens is 404 g/mol. The maximum atomic E-state index is 13.2. The van der Waals surface area contributed by atoms with E-state index in [1.807, 2.05) is 26.0 Å². The summed E-state index contributed by atoms with van der Waals surface area (Å²) in [6.07, 6.45) is 0. The molecule has 29 heavy (non-hydrogen) atoms. The monoisotopic (exact) mass is 422 g/mol. The quantitative estimate of drug-likeness (QED) is 0.358. The number of aromatic nitrogens is 2. The van der Waals surface area contributed by atoms with Gasteiger partial charge in [0.25, 0.3) is 5.56 Å². The molecule has 1 aromatic heterocycles. The van der Waals surface area contributed by atoms with Gasteiger partial charge in [-0.1, -0.05) is 47.5 Å². The van der Waals surface area contributed by atoms with Crippen molar-refractivity contribution >= 4 is 30.6 Å². The standard InChI is InChI=1S/C22H18N2O3S2/c1-15-7-11-17(12-8-15)24-21(25)19-5-3-4-6-20(19)23-22(24)28-29(26,27)18-13-9-16(2)10-14-18/h3-14H,1-2H3. The van der Waals surface area contributed by atoms with Crippen LogP contribution in [0.15, 0.2) is 87.6 Å². The summed E-state index contributed by atoms with van der Waals surface area (Å²) in [5, 5.41) is 0.545. The molecular formula is C22H18N2O3S2. The molecule has 146 valence electrons. The highest BCUT2D eigenvalue weighted by atomic mass is 33.1. The van der Waals surface area contributed by atoms with Gasteiger partial charge in [0.05, 0.1) is 21.5 Å². The Bertz CT molecular complexity index is 1360. The number of para-hydroxylation sites is 1. The van der Waals surface area contributed by atoms with Gasteiger partial charge in [-0.25, -0.2) is 13.4 Å². The van der Waals surface area contributed by atoms with Crippen molar-refractivity contribution in [2.75, 3.05) is 0 Å². The summed E-state index contributed by atoms with van der Waals surface area (Å²) < 4.78 is 27.4. The van der Waals surface area contributed by atoms with Crippen molar-refractivity contribution in [1.82, 2.24) is 9.55 Å². The Morgan fingerprint density at radius 3 is 2.07 bits per heavy atom. The number of fused-ring (bicyclic) bond motifs is 1. The van der Waals surface area contributed by atoms with Crippen LogP contribution in [0.1, 0.15) is 11.1 Å². The smallest absolute Gasteiger partial charge is 0.266 e. The lowest BCUT2D eigenvalue weighted by Gasteiger charge is -2.13. The third kappa shape index (κ3) is 3.83. The molecule has 0 atom stereocenters. The van der Waals surface area contributed by atoms with Gasteiger partial charge < -0.3 is 0 Å². The normalized spacial score (nSPS) is 11.7. The molecule has 1 heterocycles. The third-order valence-electron chi connectivity index (χ3n) is 4.53. The molecule has 3 aromatic carbocycles. The van der Waals surface area contributed by atoms with Crippen LogP contribution in [0.5, 0.6) is 0 Å². The van der Waals surface area contributed by atoms with Gasteiger partial charge in [0.15, 0.2) is 5.16 Å². The first-order valence-electron chi connectivity index (χ1n) is 8.95. The Morgan fingerprint density at radius 1 is 0.828 bits per heavy atom. The number of nitrogens with zero attached hydrogens (tertiary/aromatic N) is 2. The van der Waals surface area contributed by atoms with Crippen LogP contribution in [-0.4, -0.2) is 18.0 Å². The fraction of sp³-hybridized carbons (Fsp3) is 0.0909. The number of rotatable bonds is 4. The fourth-order valence-electron chi connectivity index (χ4n) is 2.94. The molecule has 0 spiro atoms. The molecule has 0 saturated carbocycles. The third-order valence-corrected chi connectivity index (χ3v) is 7.71. The number of aryl methyl sites for hydroxylation is 2. The average molecular weight is 423 g/mol. The lowest BCUT2D eigenvalue weighted by Crippen LogP contribution is -2.22. The summed E-state index contributed by atoms with van der Waals surface area (Å²) in [7, 11) is -3.18. The second-order valence-electron chi connectivity index (χ2n) is 6.74. The first kappa shape index (κ1) is 19.4. The maximum Gasteiger partial charge on any atom is 0.266 e. The number of benzene rings is 3. The molecule has 0 saturated heterocycles. The van der Waals surface area contributed by atoms with Gasteiger partial charge in [-0.15, -0.1) is 0 Å². The molecule has 0 N–H and O–H groups in total. The zero-order chi connectivity index (χ0) is 20.6. The van der Waals surface area contributed by atoms with Gasteiger partial charge >= 0.3 is 0 Å². The summed E-state index contributed by atoms with van der Waals surface area (Å²) >= 11 is 0. The van der Waals surface area contributed by atoms with Gasteiger partial charge in [-0.2, -0.15) is 0 Å². The van der Waals surface area contributed by atoms with E-state index in [0.29, 0.717) is 27.4 Å². The highest BCUT2D eigenvalue weighted by Crippen LogP contribution is 2.31. The Labute approximate surface area is 172 Å². The second-order valence-corrected chi connectivity index (χ2v) is 10.5. The van der Waals surface area contributed by atoms with E-state index in [-0.39, 0.29) is 15.6 Å². The van der Waals surface area contributed by atoms with Gasteiger partial charge in [0, 0.05) is 10.8 Å². The van der Waals surface area contributed by atoms with Crippen molar-refractivity contribution in [2.45, 2.75) is 23.9 Å². The molecule has 0 fully saturated rings. The zero-order valence-electron chi connectivity index (χ0n) is 15.9. The predicted molar refractivity (Wildman–Crippen MR) is 116 cm³/mol. The fourth-order valence-corrected chi connectivity index (χ4v) is 5.65. The molecule has 0 unspecified atom stereocenters. The van der Waals surface area contributed by atoms with E-state index in [1.54, 1.807) is 60.7 Å². The first-order chi connectivity index (χ1) is 13.8. The molecule has 0 bridgehead atoms. The Hall–Kier alpha value is -2.90. The van der Waals surface area contributed by atoms with Crippen molar-refractivity contribution in [3.8, 4) is 5.69 Å². The summed E-state index contributed by atoms with van der Waals surface area (Å²) in [4.78, 5) is 17.9. The topological polar surface area (TPSA) is 69.0 Å². The van der Waals surface area contributed by atoms with Gasteiger partial charge in [0.1, 0.15) is 0 Å². The van der Waals surface area contributed by atoms with Crippen molar-refractivity contribution in [1.29, 1.82) is 0 Å². The minimum atomic E-state index is -3.76. The van der Waals surface area contributed by atoms with Gasteiger partial charge in [-0.05, 0) is 50.2 Å². The van der Waals surface area contributed by atoms with Crippen LogP contribution < -0.4 is 5.56 Å². The molecule has 0 amide bonds. The van der Waals surface area contributed by atoms with Crippen molar-refractivity contribution in [3.63, 3.8) is 0 Å².